The van der Waals surface area contributed by atoms with Crippen LogP contribution in [0.25, 0.3) is 0 Å². The first-order valence-corrected chi connectivity index (χ1v) is 7.27. The van der Waals surface area contributed by atoms with E-state index in [1.165, 1.54) is 5.56 Å². The Kier molecular flexibility index (Phi) is 7.58. The third-order valence-corrected chi connectivity index (χ3v) is 3.67. The molecule has 0 saturated heterocycles. The number of rotatable bonds is 8. The van der Waals surface area contributed by atoms with Crippen molar-refractivity contribution >= 4 is 27.5 Å². The minimum absolute atomic E-state index is 0.00562. The van der Waals surface area contributed by atoms with Crippen LogP contribution in [0.2, 0.25) is 0 Å². The zero-order valence-electron chi connectivity index (χ0n) is 12.2. The second kappa shape index (κ2) is 8.94. The van der Waals surface area contributed by atoms with E-state index < -0.39 is 0 Å². The van der Waals surface area contributed by atoms with Crippen molar-refractivity contribution in [1.82, 2.24) is 10.6 Å². The topological polar surface area (TPSA) is 53.6 Å². The fraction of sp³-hybridized carbons (Fsp3) is 0.500. The van der Waals surface area contributed by atoms with Gasteiger partial charge in [0.1, 0.15) is 0 Å². The molecular formula is C14H22BrN3O2. The average Bonchev–Trinajstić information content (AvgIpc) is 2.44. The molecule has 5 nitrogen and oxygen atoms in total. The van der Waals surface area contributed by atoms with Crippen molar-refractivity contribution in [3.05, 3.63) is 28.2 Å². The van der Waals surface area contributed by atoms with E-state index in [2.05, 4.69) is 32.6 Å². The second-order valence-corrected chi connectivity index (χ2v) is 5.33. The largest absolute Gasteiger partial charge is 0.383 e. The summed E-state index contributed by atoms with van der Waals surface area (Å²) in [5.74, 6) is -0.00562. The third kappa shape index (κ3) is 5.48. The van der Waals surface area contributed by atoms with Gasteiger partial charge in [0.05, 0.1) is 13.2 Å². The number of benzene rings is 1. The SMILES string of the molecule is CNC(=O)CN(C)c1ccc(CNCCOC)c(Br)c1. The Labute approximate surface area is 128 Å². The Morgan fingerprint density at radius 2 is 2.20 bits per heavy atom. The molecule has 0 atom stereocenters. The monoisotopic (exact) mass is 343 g/mol. The summed E-state index contributed by atoms with van der Waals surface area (Å²) in [7, 11) is 5.23. The predicted octanol–water partition coefficient (Wildman–Crippen LogP) is 1.37. The van der Waals surface area contributed by atoms with E-state index >= 15 is 0 Å². The molecule has 0 unspecified atom stereocenters. The van der Waals surface area contributed by atoms with Crippen LogP contribution in [-0.4, -0.2) is 46.8 Å². The molecule has 1 aromatic carbocycles. The van der Waals surface area contributed by atoms with Gasteiger partial charge in [-0.25, -0.2) is 0 Å². The number of nitrogens with one attached hydrogen (secondary N) is 2. The van der Waals surface area contributed by atoms with Crippen molar-refractivity contribution in [1.29, 1.82) is 0 Å². The molecule has 0 aromatic heterocycles. The minimum Gasteiger partial charge on any atom is -0.383 e. The van der Waals surface area contributed by atoms with Gasteiger partial charge >= 0.3 is 0 Å². The van der Waals surface area contributed by atoms with Gasteiger partial charge < -0.3 is 20.3 Å². The molecule has 0 aliphatic heterocycles. The Hall–Kier alpha value is -1.11. The van der Waals surface area contributed by atoms with E-state index in [1.807, 2.05) is 24.1 Å². The minimum atomic E-state index is -0.00562. The molecule has 0 aliphatic rings. The van der Waals surface area contributed by atoms with Crippen LogP contribution in [0.15, 0.2) is 22.7 Å². The van der Waals surface area contributed by atoms with Crippen LogP contribution < -0.4 is 15.5 Å². The number of carbonyl (C=O) groups excluding carboxylic acids is 1. The molecule has 0 radical (unpaired) electrons. The summed E-state index contributed by atoms with van der Waals surface area (Å²) >= 11 is 3.57. The highest BCUT2D eigenvalue weighted by molar-refractivity contribution is 9.10. The van der Waals surface area contributed by atoms with Crippen LogP contribution in [0.3, 0.4) is 0 Å². The van der Waals surface area contributed by atoms with Gasteiger partial charge in [0, 0.05) is 44.5 Å². The van der Waals surface area contributed by atoms with Crippen LogP contribution in [0.5, 0.6) is 0 Å². The van der Waals surface area contributed by atoms with E-state index in [0.717, 1.165) is 23.2 Å². The first kappa shape index (κ1) is 16.9. The van der Waals surface area contributed by atoms with E-state index in [-0.39, 0.29) is 5.91 Å². The van der Waals surface area contributed by atoms with E-state index in [1.54, 1.807) is 14.2 Å². The molecule has 112 valence electrons. The zero-order valence-corrected chi connectivity index (χ0v) is 13.8. The smallest absolute Gasteiger partial charge is 0.239 e. The van der Waals surface area contributed by atoms with Gasteiger partial charge in [-0.3, -0.25) is 4.79 Å². The molecule has 0 aliphatic carbocycles. The summed E-state index contributed by atoms with van der Waals surface area (Å²) in [4.78, 5) is 13.3. The van der Waals surface area contributed by atoms with Gasteiger partial charge in [0.2, 0.25) is 5.91 Å². The summed E-state index contributed by atoms with van der Waals surface area (Å²) < 4.78 is 6.02. The van der Waals surface area contributed by atoms with Gasteiger partial charge in [-0.2, -0.15) is 0 Å². The lowest BCUT2D eigenvalue weighted by molar-refractivity contribution is -0.119. The Morgan fingerprint density at radius 1 is 1.45 bits per heavy atom. The molecule has 0 bridgehead atoms. The highest BCUT2D eigenvalue weighted by Crippen LogP contribution is 2.23. The van der Waals surface area contributed by atoms with Crippen molar-refractivity contribution in [3.63, 3.8) is 0 Å². The number of ether oxygens (including phenoxy) is 1. The number of halogens is 1. The van der Waals surface area contributed by atoms with Gasteiger partial charge in [-0.1, -0.05) is 22.0 Å². The molecule has 20 heavy (non-hydrogen) atoms. The maximum absolute atomic E-state index is 11.4. The number of hydrogen-bond donors (Lipinski definition) is 2. The Morgan fingerprint density at radius 3 is 2.80 bits per heavy atom. The Bertz CT molecular complexity index is 440. The van der Waals surface area contributed by atoms with Crippen LogP contribution in [0.4, 0.5) is 5.69 Å². The van der Waals surface area contributed by atoms with Crippen molar-refractivity contribution in [2.24, 2.45) is 0 Å². The van der Waals surface area contributed by atoms with E-state index in [4.69, 9.17) is 4.74 Å². The summed E-state index contributed by atoms with van der Waals surface area (Å²) in [5.41, 5.74) is 2.18. The van der Waals surface area contributed by atoms with Crippen molar-refractivity contribution < 1.29 is 9.53 Å². The number of hydrogen-bond acceptors (Lipinski definition) is 4. The van der Waals surface area contributed by atoms with Gasteiger partial charge in [0.15, 0.2) is 0 Å². The number of nitrogens with zero attached hydrogens (tertiary/aromatic N) is 1. The number of amides is 1. The standard InChI is InChI=1S/C14H22BrN3O2/c1-16-14(19)10-18(2)12-5-4-11(13(15)8-12)9-17-6-7-20-3/h4-5,8,17H,6-7,9-10H2,1-3H3,(H,16,19). The Balaban J connectivity index is 2.60. The molecule has 6 heteroatoms. The van der Waals surface area contributed by atoms with Gasteiger partial charge in [-0.15, -0.1) is 0 Å². The molecule has 1 rings (SSSR count). The summed E-state index contributed by atoms with van der Waals surface area (Å²) in [6, 6.07) is 6.09. The lowest BCUT2D eigenvalue weighted by atomic mass is 10.2. The van der Waals surface area contributed by atoms with E-state index in [9.17, 15) is 4.79 Å². The normalized spacial score (nSPS) is 10.4. The summed E-state index contributed by atoms with van der Waals surface area (Å²) in [6.07, 6.45) is 0. The van der Waals surface area contributed by atoms with E-state index in [0.29, 0.717) is 13.2 Å². The quantitative estimate of drug-likeness (QED) is 0.700. The molecule has 1 amide bonds. The fourth-order valence-corrected chi connectivity index (χ4v) is 2.21. The number of anilines is 1. The van der Waals surface area contributed by atoms with Crippen molar-refractivity contribution in [2.45, 2.75) is 6.54 Å². The maximum Gasteiger partial charge on any atom is 0.239 e. The highest BCUT2D eigenvalue weighted by atomic mass is 79.9. The highest BCUT2D eigenvalue weighted by Gasteiger charge is 2.08. The number of methoxy groups -OCH3 is 1. The number of carbonyl (C=O) groups is 1. The molecule has 0 saturated carbocycles. The lowest BCUT2D eigenvalue weighted by Crippen LogP contribution is -2.32. The van der Waals surface area contributed by atoms with Gasteiger partial charge in [-0.05, 0) is 17.7 Å². The average molecular weight is 344 g/mol. The zero-order chi connectivity index (χ0) is 15.0. The van der Waals surface area contributed by atoms with Crippen molar-refractivity contribution in [2.75, 3.05) is 45.8 Å². The molecule has 1 aromatic rings. The first-order chi connectivity index (χ1) is 9.58. The fourth-order valence-electron chi connectivity index (χ4n) is 1.70. The molecule has 0 fully saturated rings. The molecule has 0 spiro atoms. The third-order valence-electron chi connectivity index (χ3n) is 2.94. The second-order valence-electron chi connectivity index (χ2n) is 4.47. The van der Waals surface area contributed by atoms with Gasteiger partial charge in [0.25, 0.3) is 0 Å². The molecule has 0 heterocycles. The number of likely N-dealkylation sites (N-methyl/N-ethyl adjacent to an activating group) is 2. The van der Waals surface area contributed by atoms with Crippen LogP contribution >= 0.6 is 15.9 Å². The predicted molar refractivity (Wildman–Crippen MR) is 85.1 cm³/mol. The van der Waals surface area contributed by atoms with Crippen LogP contribution in [0.1, 0.15) is 5.56 Å². The molecule has 2 N–H and O–H groups in total. The van der Waals surface area contributed by atoms with Crippen LogP contribution in [-0.2, 0) is 16.1 Å². The molecular weight excluding hydrogens is 322 g/mol. The maximum atomic E-state index is 11.4. The first-order valence-electron chi connectivity index (χ1n) is 6.48. The summed E-state index contributed by atoms with van der Waals surface area (Å²) in [5, 5.41) is 5.92. The van der Waals surface area contributed by atoms with Crippen molar-refractivity contribution in [3.8, 4) is 0 Å². The van der Waals surface area contributed by atoms with Crippen LogP contribution in [0, 0.1) is 0 Å². The summed E-state index contributed by atoms with van der Waals surface area (Å²) in [6.45, 7) is 2.64. The lowest BCUT2D eigenvalue weighted by Gasteiger charge is -2.19.